The number of nitrogens with one attached hydrogen (secondary N) is 3. The van der Waals surface area contributed by atoms with Crippen molar-refractivity contribution < 1.29 is 19.1 Å². The number of amides is 2. The number of thiocarbonyl (C=S) groups is 1. The summed E-state index contributed by atoms with van der Waals surface area (Å²) in [6.07, 6.45) is 0. The van der Waals surface area contributed by atoms with E-state index in [9.17, 15) is 9.59 Å². The van der Waals surface area contributed by atoms with Crippen LogP contribution < -0.4 is 25.4 Å². The Labute approximate surface area is 193 Å². The van der Waals surface area contributed by atoms with Gasteiger partial charge in [-0.2, -0.15) is 0 Å². The van der Waals surface area contributed by atoms with E-state index in [0.717, 1.165) is 0 Å². The average Bonchev–Trinajstić information content (AvgIpc) is 3.29. The second kappa shape index (κ2) is 10.3. The summed E-state index contributed by atoms with van der Waals surface area (Å²) >= 11 is 12.6. The molecule has 0 aliphatic rings. The number of ether oxygens (including phenoxy) is 2. The summed E-state index contributed by atoms with van der Waals surface area (Å²) in [7, 11) is 2.95. The van der Waals surface area contributed by atoms with Gasteiger partial charge in [-0.1, -0.05) is 17.7 Å². The minimum Gasteiger partial charge on any atom is -0.496 e. The molecule has 2 aromatic carbocycles. The van der Waals surface area contributed by atoms with Crippen LogP contribution in [0.15, 0.2) is 53.9 Å². The third kappa shape index (κ3) is 5.72. The molecule has 7 nitrogen and oxygen atoms in total. The van der Waals surface area contributed by atoms with E-state index in [-0.39, 0.29) is 16.6 Å². The third-order valence-electron chi connectivity index (χ3n) is 4.09. The Morgan fingerprint density at radius 2 is 1.74 bits per heavy atom. The topological polar surface area (TPSA) is 88.7 Å². The molecule has 0 atom stereocenters. The van der Waals surface area contributed by atoms with Crippen LogP contribution in [0.2, 0.25) is 5.02 Å². The molecular formula is C21H18ClN3O4S2. The molecule has 0 aliphatic heterocycles. The lowest BCUT2D eigenvalue weighted by Gasteiger charge is -2.14. The van der Waals surface area contributed by atoms with Crippen molar-refractivity contribution in [2.24, 2.45) is 0 Å². The first kappa shape index (κ1) is 22.5. The summed E-state index contributed by atoms with van der Waals surface area (Å²) < 4.78 is 10.6. The molecule has 3 rings (SSSR count). The normalized spacial score (nSPS) is 10.2. The van der Waals surface area contributed by atoms with Gasteiger partial charge in [0.1, 0.15) is 11.5 Å². The van der Waals surface area contributed by atoms with Gasteiger partial charge in [0.25, 0.3) is 11.8 Å². The van der Waals surface area contributed by atoms with Crippen molar-refractivity contribution in [3.63, 3.8) is 0 Å². The average molecular weight is 476 g/mol. The molecule has 0 bridgehead atoms. The van der Waals surface area contributed by atoms with Crippen LogP contribution in [-0.2, 0) is 0 Å². The number of carbonyl (C=O) groups is 2. The van der Waals surface area contributed by atoms with Gasteiger partial charge in [0, 0.05) is 16.8 Å². The number of anilines is 2. The molecule has 0 saturated carbocycles. The number of hydrogen-bond acceptors (Lipinski definition) is 6. The van der Waals surface area contributed by atoms with Crippen molar-refractivity contribution in [3.05, 3.63) is 69.4 Å². The predicted molar refractivity (Wildman–Crippen MR) is 127 cm³/mol. The molecule has 3 aromatic rings. The highest BCUT2D eigenvalue weighted by Crippen LogP contribution is 2.29. The molecule has 1 aromatic heterocycles. The van der Waals surface area contributed by atoms with E-state index in [1.807, 2.05) is 5.38 Å². The lowest BCUT2D eigenvalue weighted by atomic mass is 10.2. The van der Waals surface area contributed by atoms with E-state index in [1.54, 1.807) is 42.5 Å². The van der Waals surface area contributed by atoms with Crippen LogP contribution in [0.5, 0.6) is 11.5 Å². The second-order valence-electron chi connectivity index (χ2n) is 6.10. The van der Waals surface area contributed by atoms with Gasteiger partial charge in [-0.15, -0.1) is 11.3 Å². The molecule has 0 saturated heterocycles. The van der Waals surface area contributed by atoms with E-state index >= 15 is 0 Å². The smallest absolute Gasteiger partial charge is 0.265 e. The zero-order valence-corrected chi connectivity index (χ0v) is 18.9. The summed E-state index contributed by atoms with van der Waals surface area (Å²) in [4.78, 5) is 25.4. The highest BCUT2D eigenvalue weighted by Gasteiger charge is 2.15. The summed E-state index contributed by atoms with van der Waals surface area (Å²) in [5.41, 5.74) is 1.32. The molecule has 31 heavy (non-hydrogen) atoms. The van der Waals surface area contributed by atoms with Crippen LogP contribution in [-0.4, -0.2) is 31.1 Å². The van der Waals surface area contributed by atoms with Crippen molar-refractivity contribution in [2.45, 2.75) is 0 Å². The number of benzene rings is 2. The first-order valence-corrected chi connectivity index (χ1v) is 10.6. The first-order chi connectivity index (χ1) is 14.9. The molecule has 160 valence electrons. The number of halogens is 1. The second-order valence-corrected chi connectivity index (χ2v) is 7.89. The monoisotopic (exact) mass is 475 g/mol. The van der Waals surface area contributed by atoms with Gasteiger partial charge in [-0.3, -0.25) is 14.9 Å². The Balaban J connectivity index is 1.68. The van der Waals surface area contributed by atoms with Crippen molar-refractivity contribution in [3.8, 4) is 11.5 Å². The predicted octanol–water partition coefficient (Wildman–Crippen LogP) is 4.80. The zero-order chi connectivity index (χ0) is 22.4. The van der Waals surface area contributed by atoms with Crippen molar-refractivity contribution in [2.75, 3.05) is 24.9 Å². The van der Waals surface area contributed by atoms with Crippen LogP contribution in [0.4, 0.5) is 11.4 Å². The van der Waals surface area contributed by atoms with E-state index in [1.165, 1.54) is 31.6 Å². The highest BCUT2D eigenvalue weighted by molar-refractivity contribution is 7.80. The van der Waals surface area contributed by atoms with Crippen LogP contribution in [0.25, 0.3) is 0 Å². The van der Waals surface area contributed by atoms with E-state index < -0.39 is 5.91 Å². The lowest BCUT2D eigenvalue weighted by molar-refractivity contribution is 0.0973. The first-order valence-electron chi connectivity index (χ1n) is 8.90. The lowest BCUT2D eigenvalue weighted by Crippen LogP contribution is -2.34. The maximum atomic E-state index is 12.5. The fourth-order valence-electron chi connectivity index (χ4n) is 2.65. The molecule has 3 N–H and O–H groups in total. The van der Waals surface area contributed by atoms with Crippen LogP contribution in [0, 0.1) is 0 Å². The minimum atomic E-state index is -0.469. The van der Waals surface area contributed by atoms with Gasteiger partial charge in [0.15, 0.2) is 5.11 Å². The summed E-state index contributed by atoms with van der Waals surface area (Å²) in [5.74, 6) is 0.105. The van der Waals surface area contributed by atoms with Gasteiger partial charge < -0.3 is 20.1 Å². The Morgan fingerprint density at radius 1 is 0.968 bits per heavy atom. The highest BCUT2D eigenvalue weighted by atomic mass is 35.5. The molecule has 0 spiro atoms. The van der Waals surface area contributed by atoms with Crippen LogP contribution in [0.3, 0.4) is 0 Å². The largest absolute Gasteiger partial charge is 0.496 e. The molecule has 1 heterocycles. The van der Waals surface area contributed by atoms with Crippen molar-refractivity contribution in [1.82, 2.24) is 5.32 Å². The van der Waals surface area contributed by atoms with Crippen LogP contribution >= 0.6 is 35.2 Å². The fourth-order valence-corrected chi connectivity index (χ4v) is 3.66. The maximum absolute atomic E-state index is 12.5. The molecule has 0 radical (unpaired) electrons. The van der Waals surface area contributed by atoms with Gasteiger partial charge in [-0.05, 0) is 54.0 Å². The van der Waals surface area contributed by atoms with Crippen molar-refractivity contribution >= 4 is 63.5 Å². The quantitative estimate of drug-likeness (QED) is 0.444. The standard InChI is InChI=1S/C21H18ClN3O4S2/c1-28-16-8-5-12(22)10-14(16)19(26)25-21(30)23-13-6-7-15(17(11-13)29-2)24-20(27)18-4-3-9-31-18/h3-11H,1-2H3,(H,24,27)(H2,23,25,26,30). The Kier molecular flexibility index (Phi) is 7.45. The molecule has 0 aliphatic carbocycles. The van der Waals surface area contributed by atoms with Gasteiger partial charge in [0.2, 0.25) is 0 Å². The number of carbonyl (C=O) groups excluding carboxylic acids is 2. The van der Waals surface area contributed by atoms with Gasteiger partial charge in [0.05, 0.1) is 30.3 Å². The van der Waals surface area contributed by atoms with E-state index in [0.29, 0.717) is 32.8 Å². The SMILES string of the molecule is COc1cc(NC(=S)NC(=O)c2cc(Cl)ccc2OC)ccc1NC(=O)c1cccs1. The minimum absolute atomic E-state index is 0.0736. The Morgan fingerprint density at radius 3 is 2.42 bits per heavy atom. The summed E-state index contributed by atoms with van der Waals surface area (Å²) in [6.45, 7) is 0. The fraction of sp³-hybridized carbons (Fsp3) is 0.0952. The molecule has 0 unspecified atom stereocenters. The Hall–Kier alpha value is -3.14. The van der Waals surface area contributed by atoms with E-state index in [2.05, 4.69) is 16.0 Å². The molecule has 10 heteroatoms. The molecular weight excluding hydrogens is 458 g/mol. The zero-order valence-electron chi connectivity index (χ0n) is 16.5. The Bertz CT molecular complexity index is 1120. The molecule has 2 amide bonds. The van der Waals surface area contributed by atoms with Crippen LogP contribution in [0.1, 0.15) is 20.0 Å². The number of hydrogen-bond donors (Lipinski definition) is 3. The summed E-state index contributed by atoms with van der Waals surface area (Å²) in [6, 6.07) is 13.3. The van der Waals surface area contributed by atoms with Gasteiger partial charge in [-0.25, -0.2) is 0 Å². The summed E-state index contributed by atoms with van der Waals surface area (Å²) in [5, 5.41) is 10.6. The van der Waals surface area contributed by atoms with E-state index in [4.69, 9.17) is 33.3 Å². The molecule has 0 fully saturated rings. The number of methoxy groups -OCH3 is 2. The third-order valence-corrected chi connectivity index (χ3v) is 5.39. The number of rotatable bonds is 6. The maximum Gasteiger partial charge on any atom is 0.265 e. The van der Waals surface area contributed by atoms with Gasteiger partial charge >= 0.3 is 0 Å². The number of thiophene rings is 1. The van der Waals surface area contributed by atoms with Crippen molar-refractivity contribution in [1.29, 1.82) is 0 Å².